The third kappa shape index (κ3) is 2.87. The number of aryl methyl sites for hydroxylation is 1. The van der Waals surface area contributed by atoms with Crippen LogP contribution in [-0.2, 0) is 0 Å². The molecular weight excluding hydrogens is 214 g/mol. The van der Waals surface area contributed by atoms with Gasteiger partial charge < -0.3 is 4.74 Å². The van der Waals surface area contributed by atoms with Crippen LogP contribution in [0.25, 0.3) is 0 Å². The fourth-order valence-corrected chi connectivity index (χ4v) is 1.42. The first kappa shape index (κ1) is 11.3. The molecule has 0 atom stereocenters. The minimum absolute atomic E-state index is 0.732. The first-order valence-corrected chi connectivity index (χ1v) is 5.25. The van der Waals surface area contributed by atoms with Crippen LogP contribution in [0.4, 0.5) is 5.69 Å². The zero-order chi connectivity index (χ0) is 12.1. The van der Waals surface area contributed by atoms with E-state index in [1.165, 1.54) is 0 Å². The van der Waals surface area contributed by atoms with Gasteiger partial charge in [-0.1, -0.05) is 12.1 Å². The molecule has 0 N–H and O–H groups in total. The molecule has 4 heteroatoms. The molecule has 0 saturated carbocycles. The average Bonchev–Trinajstić information content (AvgIpc) is 2.37. The van der Waals surface area contributed by atoms with Gasteiger partial charge in [0.05, 0.1) is 30.9 Å². The number of para-hydroxylation sites is 2. The van der Waals surface area contributed by atoms with Crippen molar-refractivity contribution < 1.29 is 4.74 Å². The van der Waals surface area contributed by atoms with Crippen LogP contribution in [0.3, 0.4) is 0 Å². The summed E-state index contributed by atoms with van der Waals surface area (Å²) < 4.78 is 5.21. The quantitative estimate of drug-likeness (QED) is 0.757. The highest BCUT2D eigenvalue weighted by Crippen LogP contribution is 2.25. The first-order chi connectivity index (χ1) is 8.29. The van der Waals surface area contributed by atoms with Gasteiger partial charge in [0.1, 0.15) is 11.4 Å². The van der Waals surface area contributed by atoms with E-state index in [4.69, 9.17) is 4.74 Å². The molecule has 0 bridgehead atoms. The lowest BCUT2D eigenvalue weighted by atomic mass is 10.3. The highest BCUT2D eigenvalue weighted by atomic mass is 16.5. The van der Waals surface area contributed by atoms with Gasteiger partial charge in [-0.3, -0.25) is 9.98 Å². The highest BCUT2D eigenvalue weighted by Gasteiger charge is 1.98. The largest absolute Gasteiger partial charge is 0.494 e. The SMILES string of the molecule is COc1ccccc1/N=C/c1cncc(C)n1. The van der Waals surface area contributed by atoms with Gasteiger partial charge in [-0.2, -0.15) is 0 Å². The standard InChI is InChI=1S/C13H13N3O/c1-10-7-14-8-11(16-10)9-15-12-5-3-4-6-13(12)17-2/h3-9H,1-2H3/b15-9+. The molecular formula is C13H13N3O. The summed E-state index contributed by atoms with van der Waals surface area (Å²) in [6.45, 7) is 1.90. The number of rotatable bonds is 3. The number of benzene rings is 1. The van der Waals surface area contributed by atoms with E-state index in [1.807, 2.05) is 31.2 Å². The third-order valence-corrected chi connectivity index (χ3v) is 2.19. The smallest absolute Gasteiger partial charge is 0.144 e. The summed E-state index contributed by atoms with van der Waals surface area (Å²) in [5.74, 6) is 0.740. The summed E-state index contributed by atoms with van der Waals surface area (Å²) >= 11 is 0. The lowest BCUT2D eigenvalue weighted by Crippen LogP contribution is -1.91. The molecule has 0 unspecified atom stereocenters. The Kier molecular flexibility index (Phi) is 3.45. The molecule has 2 aromatic rings. The monoisotopic (exact) mass is 227 g/mol. The van der Waals surface area contributed by atoms with Gasteiger partial charge in [0.15, 0.2) is 0 Å². The molecule has 1 aromatic carbocycles. The molecule has 0 radical (unpaired) electrons. The number of methoxy groups -OCH3 is 1. The molecule has 0 fully saturated rings. The lowest BCUT2D eigenvalue weighted by Gasteiger charge is -2.02. The fourth-order valence-electron chi connectivity index (χ4n) is 1.42. The fraction of sp³-hybridized carbons (Fsp3) is 0.154. The van der Waals surface area contributed by atoms with Crippen LogP contribution < -0.4 is 4.74 Å². The molecule has 0 aliphatic heterocycles. The summed E-state index contributed by atoms with van der Waals surface area (Å²) in [6.07, 6.45) is 5.06. The summed E-state index contributed by atoms with van der Waals surface area (Å²) in [5.41, 5.74) is 2.38. The normalized spacial score (nSPS) is 10.7. The molecule has 0 amide bonds. The van der Waals surface area contributed by atoms with Crippen molar-refractivity contribution in [3.8, 4) is 5.75 Å². The molecule has 0 saturated heterocycles. The molecule has 2 rings (SSSR count). The maximum atomic E-state index is 5.21. The highest BCUT2D eigenvalue weighted by molar-refractivity contribution is 5.80. The van der Waals surface area contributed by atoms with Gasteiger partial charge in [-0.25, -0.2) is 4.98 Å². The lowest BCUT2D eigenvalue weighted by molar-refractivity contribution is 0.416. The van der Waals surface area contributed by atoms with Gasteiger partial charge in [-0.15, -0.1) is 0 Å². The molecule has 17 heavy (non-hydrogen) atoms. The summed E-state index contributed by atoms with van der Waals surface area (Å²) in [5, 5.41) is 0. The molecule has 1 heterocycles. The van der Waals surface area contributed by atoms with Crippen molar-refractivity contribution in [2.75, 3.05) is 7.11 Å². The van der Waals surface area contributed by atoms with Crippen molar-refractivity contribution in [1.29, 1.82) is 0 Å². The average molecular weight is 227 g/mol. The van der Waals surface area contributed by atoms with E-state index in [2.05, 4.69) is 15.0 Å². The molecule has 86 valence electrons. The Morgan fingerprint density at radius 3 is 2.82 bits per heavy atom. The Labute approximate surface area is 100 Å². The van der Waals surface area contributed by atoms with Crippen molar-refractivity contribution in [2.45, 2.75) is 6.92 Å². The minimum Gasteiger partial charge on any atom is -0.494 e. The van der Waals surface area contributed by atoms with Crippen molar-refractivity contribution in [1.82, 2.24) is 9.97 Å². The summed E-state index contributed by atoms with van der Waals surface area (Å²) in [4.78, 5) is 12.7. The van der Waals surface area contributed by atoms with E-state index < -0.39 is 0 Å². The van der Waals surface area contributed by atoms with E-state index in [-0.39, 0.29) is 0 Å². The van der Waals surface area contributed by atoms with E-state index in [0.717, 1.165) is 22.8 Å². The van der Waals surface area contributed by atoms with Crippen LogP contribution in [-0.4, -0.2) is 23.3 Å². The minimum atomic E-state index is 0.732. The number of nitrogens with zero attached hydrogens (tertiary/aromatic N) is 3. The topological polar surface area (TPSA) is 47.4 Å². The first-order valence-electron chi connectivity index (χ1n) is 5.25. The second-order valence-corrected chi connectivity index (χ2v) is 3.52. The molecule has 1 aromatic heterocycles. The van der Waals surface area contributed by atoms with Gasteiger partial charge >= 0.3 is 0 Å². The van der Waals surface area contributed by atoms with Crippen LogP contribution in [0.2, 0.25) is 0 Å². The van der Waals surface area contributed by atoms with E-state index >= 15 is 0 Å². The van der Waals surface area contributed by atoms with Crippen LogP contribution in [0, 0.1) is 6.92 Å². The van der Waals surface area contributed by atoms with Crippen molar-refractivity contribution in [2.24, 2.45) is 4.99 Å². The predicted molar refractivity (Wildman–Crippen MR) is 67.0 cm³/mol. The van der Waals surface area contributed by atoms with Crippen molar-refractivity contribution in [3.63, 3.8) is 0 Å². The van der Waals surface area contributed by atoms with Crippen molar-refractivity contribution in [3.05, 3.63) is 48.0 Å². The van der Waals surface area contributed by atoms with E-state index in [0.29, 0.717) is 0 Å². The Morgan fingerprint density at radius 2 is 2.06 bits per heavy atom. The van der Waals surface area contributed by atoms with Gasteiger partial charge in [0.25, 0.3) is 0 Å². The Hall–Kier alpha value is -2.23. The predicted octanol–water partition coefficient (Wildman–Crippen LogP) is 2.54. The van der Waals surface area contributed by atoms with Gasteiger partial charge in [0, 0.05) is 6.20 Å². The van der Waals surface area contributed by atoms with Crippen LogP contribution in [0.15, 0.2) is 41.7 Å². The number of aromatic nitrogens is 2. The number of aliphatic imine (C=N–C) groups is 1. The molecule has 0 aliphatic carbocycles. The Balaban J connectivity index is 2.26. The van der Waals surface area contributed by atoms with E-state index in [1.54, 1.807) is 25.7 Å². The number of hydrogen-bond donors (Lipinski definition) is 0. The molecule has 0 aliphatic rings. The van der Waals surface area contributed by atoms with E-state index in [9.17, 15) is 0 Å². The second-order valence-electron chi connectivity index (χ2n) is 3.52. The zero-order valence-corrected chi connectivity index (χ0v) is 9.79. The molecule has 0 spiro atoms. The Morgan fingerprint density at radius 1 is 1.24 bits per heavy atom. The zero-order valence-electron chi connectivity index (χ0n) is 9.79. The summed E-state index contributed by atoms with van der Waals surface area (Å²) in [7, 11) is 1.63. The Bertz CT molecular complexity index is 538. The van der Waals surface area contributed by atoms with Crippen LogP contribution in [0.5, 0.6) is 5.75 Å². The van der Waals surface area contributed by atoms with Crippen LogP contribution in [0.1, 0.15) is 11.4 Å². The third-order valence-electron chi connectivity index (χ3n) is 2.19. The van der Waals surface area contributed by atoms with Crippen LogP contribution >= 0.6 is 0 Å². The maximum Gasteiger partial charge on any atom is 0.144 e. The van der Waals surface area contributed by atoms with Gasteiger partial charge in [-0.05, 0) is 19.1 Å². The number of hydrogen-bond acceptors (Lipinski definition) is 4. The van der Waals surface area contributed by atoms with Gasteiger partial charge in [0.2, 0.25) is 0 Å². The maximum absolute atomic E-state index is 5.21. The molecule has 4 nitrogen and oxygen atoms in total. The van der Waals surface area contributed by atoms with Crippen molar-refractivity contribution >= 4 is 11.9 Å². The number of ether oxygens (including phenoxy) is 1. The second kappa shape index (κ2) is 5.21. The summed E-state index contributed by atoms with van der Waals surface area (Å²) in [6, 6.07) is 7.58.